The molecular weight excluding hydrogens is 1480 g/mol. The highest BCUT2D eigenvalue weighted by molar-refractivity contribution is 5.32. The molecule has 0 aliphatic heterocycles. The lowest BCUT2D eigenvalue weighted by Gasteiger charge is -2.20. The SMILES string of the molecule is CC(C)(C)c1ccc(F)nc1.CC(C)(C)c1ccc[nH]c1=O.CC(C)(C)c1cccnc1.CC(C)(C)c1cccnc1F.CC(C)(C)c1ncc[nH]1.COc1ccc(C(C)(C)C)cn1.COc1ncccc1C(C)(C)C.Cc1ccc(C(C)(C)C)cn1.Cc1ccc(C(C)(C)C)cn1.Cc1ncccc1C(C)(C)C.Cn1ccnc1C(C)(C)C. The van der Waals surface area contributed by atoms with Gasteiger partial charge >= 0.3 is 0 Å². The molecule has 0 aliphatic rings. The van der Waals surface area contributed by atoms with E-state index in [9.17, 15) is 13.6 Å². The van der Waals surface area contributed by atoms with Crippen LogP contribution in [0.15, 0.2) is 201 Å². The molecule has 11 aromatic rings. The Balaban J connectivity index is 0.000000655. The van der Waals surface area contributed by atoms with E-state index >= 15 is 0 Å². The van der Waals surface area contributed by atoms with Crippen LogP contribution in [0.1, 0.15) is 307 Å². The Morgan fingerprint density at radius 3 is 1.01 bits per heavy atom. The third kappa shape index (κ3) is 42.5. The maximum atomic E-state index is 13.0. The van der Waals surface area contributed by atoms with E-state index in [0.717, 1.165) is 51.3 Å². The van der Waals surface area contributed by atoms with Crippen LogP contribution >= 0.6 is 0 Å². The first-order valence-electron chi connectivity index (χ1n) is 40.9. The van der Waals surface area contributed by atoms with Crippen LogP contribution in [0.5, 0.6) is 11.8 Å². The van der Waals surface area contributed by atoms with E-state index in [1.807, 2.05) is 161 Å². The van der Waals surface area contributed by atoms with Gasteiger partial charge in [-0.1, -0.05) is 283 Å². The number of aromatic nitrogens is 13. The van der Waals surface area contributed by atoms with Gasteiger partial charge in [0.05, 0.1) is 14.2 Å². The number of aryl methyl sites for hydroxylation is 4. The number of ether oxygens (including phenoxy) is 2. The van der Waals surface area contributed by atoms with Crippen molar-refractivity contribution in [3.8, 4) is 11.8 Å². The summed E-state index contributed by atoms with van der Waals surface area (Å²) >= 11 is 0. The third-order valence-electron chi connectivity index (χ3n) is 18.0. The molecule has 11 heterocycles. The summed E-state index contributed by atoms with van der Waals surface area (Å²) in [7, 11) is 5.30. The highest BCUT2D eigenvalue weighted by Crippen LogP contribution is 2.31. The van der Waals surface area contributed by atoms with E-state index in [1.165, 1.54) is 40.1 Å². The first kappa shape index (κ1) is 107. The minimum Gasteiger partial charge on any atom is -0.481 e. The smallest absolute Gasteiger partial charge is 0.251 e. The van der Waals surface area contributed by atoms with Crippen molar-refractivity contribution in [2.75, 3.05) is 14.2 Å². The van der Waals surface area contributed by atoms with Gasteiger partial charge < -0.3 is 24.0 Å². The number of halogens is 2. The van der Waals surface area contributed by atoms with Gasteiger partial charge in [0, 0.05) is 144 Å². The van der Waals surface area contributed by atoms with Crippen molar-refractivity contribution in [2.24, 2.45) is 7.05 Å². The van der Waals surface area contributed by atoms with Crippen LogP contribution in [0.25, 0.3) is 0 Å². The molecule has 0 fully saturated rings. The Morgan fingerprint density at radius 2 is 0.739 bits per heavy atom. The number of nitrogens with zero attached hydrogens (tertiary/aromatic N) is 11. The standard InChI is InChI=1S/2C10H15NO.3C10H15N.2C9H12FN.C9H13NO.C9H13N.C8H14N2.C7H12N2/c1-10(2,3)8-5-6-9(12-4)11-7-8;1-10(2,3)8-6-5-7-11-9(8)12-4;2*1-8-5-6-9(7-11-8)10(2,3)4;1-8-9(10(2,3)4)6-5-7-11-8;1-9(2,3)7-4-5-8(10)11-6-7;1-9(2,3)7-5-4-6-11-8(7)10;1-9(2,3)7-5-4-6-10-8(7)11;1-9(2,3)8-5-4-6-10-7-8;1-8(2,3)7-9-5-6-10(7)4;1-7(2,3)6-8-4-5-9-6/h2*5-7H,1-4H3;3*5-7H,1-4H3;2*4-6H,1-3H3;4-6H,1-3H3,(H,10,11);4-7H,1-3H3;5-6H,1-4H3;4-5H,1-3H3,(H,8,9). The molecule has 0 saturated heterocycles. The zero-order valence-electron chi connectivity index (χ0n) is 80.4. The molecule has 0 amide bonds. The van der Waals surface area contributed by atoms with Crippen LogP contribution in [0.4, 0.5) is 8.78 Å². The maximum absolute atomic E-state index is 13.0. The van der Waals surface area contributed by atoms with E-state index in [2.05, 4.69) is 295 Å². The van der Waals surface area contributed by atoms with Crippen LogP contribution in [0, 0.1) is 32.7 Å². The second kappa shape index (κ2) is 47.1. The van der Waals surface area contributed by atoms with Crippen molar-refractivity contribution >= 4 is 0 Å². The van der Waals surface area contributed by atoms with Gasteiger partial charge in [-0.15, -0.1) is 0 Å². The monoisotopic (exact) mass is 1630 g/mol. The fraction of sp³-hybridized carbons (Fsp3) is 0.495. The normalized spacial score (nSPS) is 11.6. The molecule has 11 aromatic heterocycles. The molecule has 16 nitrogen and oxygen atoms in total. The lowest BCUT2D eigenvalue weighted by atomic mass is 9.86. The van der Waals surface area contributed by atoms with Gasteiger partial charge in [-0.05, 0) is 151 Å². The molecular formula is C101H151F2N13O3. The summed E-state index contributed by atoms with van der Waals surface area (Å²) in [5.41, 5.74) is 14.8. The first-order valence-corrected chi connectivity index (χ1v) is 40.9. The Bertz CT molecular complexity index is 4460. The topological polar surface area (TPSA) is 201 Å². The lowest BCUT2D eigenvalue weighted by molar-refractivity contribution is 0.380. The summed E-state index contributed by atoms with van der Waals surface area (Å²) in [5, 5.41) is 0. The molecule has 2 N–H and O–H groups in total. The molecule has 11 rings (SSSR count). The molecule has 0 saturated carbocycles. The molecule has 0 bridgehead atoms. The van der Waals surface area contributed by atoms with Gasteiger partial charge in [-0.25, -0.2) is 29.9 Å². The Hall–Kier alpha value is -9.97. The fourth-order valence-corrected chi connectivity index (χ4v) is 10.5. The fourth-order valence-electron chi connectivity index (χ4n) is 10.5. The molecule has 652 valence electrons. The van der Waals surface area contributed by atoms with Gasteiger partial charge in [0.2, 0.25) is 23.7 Å². The number of nitrogens with one attached hydrogen (secondary N) is 2. The van der Waals surface area contributed by atoms with E-state index in [1.54, 1.807) is 63.4 Å². The summed E-state index contributed by atoms with van der Waals surface area (Å²) < 4.78 is 37.5. The molecule has 18 heteroatoms. The van der Waals surface area contributed by atoms with Crippen molar-refractivity contribution in [2.45, 2.75) is 309 Å². The van der Waals surface area contributed by atoms with Gasteiger partial charge in [0.1, 0.15) is 11.6 Å². The molecule has 0 atom stereocenters. The van der Waals surface area contributed by atoms with Gasteiger partial charge in [0.15, 0.2) is 0 Å². The largest absolute Gasteiger partial charge is 0.481 e. The number of rotatable bonds is 2. The highest BCUT2D eigenvalue weighted by atomic mass is 19.1. The van der Waals surface area contributed by atoms with Crippen molar-refractivity contribution in [3.05, 3.63) is 297 Å². The number of H-pyrrole nitrogens is 2. The molecule has 0 spiro atoms. The number of imidazole rings is 2. The van der Waals surface area contributed by atoms with Gasteiger partial charge in [-0.3, -0.25) is 24.7 Å². The average Bonchev–Trinajstić information content (AvgIpc) is 1.69. The third-order valence-corrected chi connectivity index (χ3v) is 18.0. The predicted octanol–water partition coefficient (Wildman–Crippen LogP) is 25.4. The molecule has 119 heavy (non-hydrogen) atoms. The van der Waals surface area contributed by atoms with Crippen LogP contribution < -0.4 is 15.0 Å². The molecule has 0 radical (unpaired) electrons. The number of hydrogen-bond acceptors (Lipinski definition) is 13. The summed E-state index contributed by atoms with van der Waals surface area (Å²) in [5.74, 6) is 2.79. The lowest BCUT2D eigenvalue weighted by Crippen LogP contribution is -2.23. The van der Waals surface area contributed by atoms with Crippen LogP contribution in [-0.2, 0) is 66.6 Å². The second-order valence-electron chi connectivity index (χ2n) is 40.6. The van der Waals surface area contributed by atoms with Crippen LogP contribution in [0.3, 0.4) is 0 Å². The van der Waals surface area contributed by atoms with E-state index in [0.29, 0.717) is 11.4 Å². The molecule has 0 unspecified atom stereocenters. The van der Waals surface area contributed by atoms with E-state index in [-0.39, 0.29) is 71.1 Å². The number of aromatic amines is 2. The summed E-state index contributed by atoms with van der Waals surface area (Å²) in [6.45, 7) is 76.4. The van der Waals surface area contributed by atoms with E-state index < -0.39 is 5.95 Å². The summed E-state index contributed by atoms with van der Waals surface area (Å²) in [6.07, 6.45) is 25.2. The zero-order valence-corrected chi connectivity index (χ0v) is 80.4. The highest BCUT2D eigenvalue weighted by Gasteiger charge is 2.23. The number of pyridine rings is 9. The minimum atomic E-state index is -0.419. The van der Waals surface area contributed by atoms with Crippen LogP contribution in [0.2, 0.25) is 0 Å². The van der Waals surface area contributed by atoms with Crippen molar-refractivity contribution < 1.29 is 18.3 Å². The molecule has 0 aromatic carbocycles. The Kier molecular flexibility index (Phi) is 42.4. The van der Waals surface area contributed by atoms with Gasteiger partial charge in [-0.2, -0.15) is 8.78 Å². The molecule has 0 aliphatic carbocycles. The van der Waals surface area contributed by atoms with Crippen LogP contribution in [-0.4, -0.2) is 78.6 Å². The zero-order chi connectivity index (χ0) is 91.6. The van der Waals surface area contributed by atoms with Crippen molar-refractivity contribution in [1.82, 2.24) is 64.4 Å². The first-order chi connectivity index (χ1) is 54.4. The summed E-state index contributed by atoms with van der Waals surface area (Å²) in [6, 6.07) is 34.9. The minimum absolute atomic E-state index is 0.0139. The van der Waals surface area contributed by atoms with E-state index in [4.69, 9.17) is 9.47 Å². The van der Waals surface area contributed by atoms with Crippen molar-refractivity contribution in [3.63, 3.8) is 0 Å². The number of methoxy groups -OCH3 is 2. The predicted molar refractivity (Wildman–Crippen MR) is 496 cm³/mol. The van der Waals surface area contributed by atoms with Crippen molar-refractivity contribution in [1.29, 1.82) is 0 Å². The van der Waals surface area contributed by atoms with Gasteiger partial charge in [0.25, 0.3) is 5.56 Å². The second-order valence-corrected chi connectivity index (χ2v) is 40.6. The quantitative estimate of drug-likeness (QED) is 0.155. The summed E-state index contributed by atoms with van der Waals surface area (Å²) in [4.78, 5) is 57.5. The Morgan fingerprint density at radius 1 is 0.328 bits per heavy atom. The Labute approximate surface area is 717 Å². The number of hydrogen-bond donors (Lipinski definition) is 2. The maximum Gasteiger partial charge on any atom is 0.251 e. The average molecular weight is 1630 g/mol.